The molecule has 0 heterocycles. The third kappa shape index (κ3) is 3.45. The molecule has 6 nitrogen and oxygen atoms in total. The number of rotatable bonds is 4. The van der Waals surface area contributed by atoms with E-state index in [0.29, 0.717) is 0 Å². The minimum atomic E-state index is -1.17. The fourth-order valence-corrected chi connectivity index (χ4v) is 2.30. The van der Waals surface area contributed by atoms with E-state index in [9.17, 15) is 23.7 Å². The molecule has 120 valence electrons. The second kappa shape index (κ2) is 6.69. The van der Waals surface area contributed by atoms with Gasteiger partial charge >= 0.3 is 0 Å². The largest absolute Gasteiger partial charge is 0.494 e. The van der Waals surface area contributed by atoms with Crippen molar-refractivity contribution in [3.05, 3.63) is 62.1 Å². The number of hydrogen-bond donors (Lipinski definition) is 1. The van der Waals surface area contributed by atoms with Crippen LogP contribution in [-0.2, 0) is 0 Å². The average Bonchev–Trinajstić information content (AvgIpc) is 2.45. The Hall–Kier alpha value is -2.55. The van der Waals surface area contributed by atoms with Crippen LogP contribution in [0.1, 0.15) is 10.4 Å². The number of carbonyl (C=O) groups is 1. The molecule has 2 aromatic rings. The van der Waals surface area contributed by atoms with Crippen LogP contribution in [0, 0.1) is 21.7 Å². The lowest BCUT2D eigenvalue weighted by atomic mass is 10.1. The highest BCUT2D eigenvalue weighted by Gasteiger charge is 2.24. The normalized spacial score (nSPS) is 10.3. The van der Waals surface area contributed by atoms with Gasteiger partial charge in [0.1, 0.15) is 22.9 Å². The molecule has 0 fully saturated rings. The second-order valence-corrected chi connectivity index (χ2v) is 5.23. The first-order chi connectivity index (χ1) is 10.8. The van der Waals surface area contributed by atoms with Gasteiger partial charge in [0, 0.05) is 10.5 Å². The summed E-state index contributed by atoms with van der Waals surface area (Å²) < 4.78 is 32.7. The summed E-state index contributed by atoms with van der Waals surface area (Å²) in [6.07, 6.45) is 0. The summed E-state index contributed by atoms with van der Waals surface area (Å²) in [4.78, 5) is 22.4. The highest BCUT2D eigenvalue weighted by atomic mass is 79.9. The quantitative estimate of drug-likeness (QED) is 0.638. The molecule has 2 rings (SSSR count). The van der Waals surface area contributed by atoms with E-state index in [1.165, 1.54) is 19.2 Å². The Kier molecular flexibility index (Phi) is 4.89. The summed E-state index contributed by atoms with van der Waals surface area (Å²) in [5, 5.41) is 13.2. The zero-order chi connectivity index (χ0) is 17.1. The van der Waals surface area contributed by atoms with Crippen LogP contribution in [0.15, 0.2) is 34.8 Å². The number of nitro groups is 1. The minimum absolute atomic E-state index is 0.00882. The SMILES string of the molecule is COc1cccc([N+](=O)[O-])c1NC(=O)c1c(F)cc(Br)cc1F. The molecule has 0 bridgehead atoms. The van der Waals surface area contributed by atoms with Crippen molar-refractivity contribution in [2.75, 3.05) is 12.4 Å². The predicted octanol–water partition coefficient (Wildman–Crippen LogP) is 3.90. The maximum Gasteiger partial charge on any atom is 0.296 e. The van der Waals surface area contributed by atoms with Crippen molar-refractivity contribution in [2.24, 2.45) is 0 Å². The van der Waals surface area contributed by atoms with Crippen molar-refractivity contribution >= 4 is 33.2 Å². The number of nitrogens with zero attached hydrogens (tertiary/aromatic N) is 1. The molecule has 1 N–H and O–H groups in total. The van der Waals surface area contributed by atoms with E-state index in [1.54, 1.807) is 0 Å². The number of nitrogens with one attached hydrogen (secondary N) is 1. The first-order valence-electron chi connectivity index (χ1n) is 6.12. The van der Waals surface area contributed by atoms with E-state index in [2.05, 4.69) is 21.2 Å². The van der Waals surface area contributed by atoms with E-state index in [1.807, 2.05) is 0 Å². The van der Waals surface area contributed by atoms with Crippen molar-refractivity contribution in [1.82, 2.24) is 0 Å². The number of halogens is 3. The first kappa shape index (κ1) is 16.8. The van der Waals surface area contributed by atoms with Gasteiger partial charge in [0.25, 0.3) is 11.6 Å². The number of amides is 1. The number of anilines is 1. The fourth-order valence-electron chi connectivity index (χ4n) is 1.90. The maximum atomic E-state index is 13.8. The Morgan fingerprint density at radius 2 is 1.91 bits per heavy atom. The summed E-state index contributed by atoms with van der Waals surface area (Å²) >= 11 is 2.90. The minimum Gasteiger partial charge on any atom is -0.494 e. The molecule has 0 radical (unpaired) electrons. The number of hydrogen-bond acceptors (Lipinski definition) is 4. The predicted molar refractivity (Wildman–Crippen MR) is 81.7 cm³/mol. The monoisotopic (exact) mass is 386 g/mol. The second-order valence-electron chi connectivity index (χ2n) is 4.31. The molecule has 9 heteroatoms. The van der Waals surface area contributed by atoms with Gasteiger partial charge in [0.05, 0.1) is 12.0 Å². The number of ether oxygens (including phenoxy) is 1. The lowest BCUT2D eigenvalue weighted by Crippen LogP contribution is -2.17. The molecular formula is C14H9BrF2N2O4. The smallest absolute Gasteiger partial charge is 0.296 e. The molecular weight excluding hydrogens is 378 g/mol. The molecule has 0 atom stereocenters. The van der Waals surface area contributed by atoms with Crippen molar-refractivity contribution in [1.29, 1.82) is 0 Å². The van der Waals surface area contributed by atoms with Crippen LogP contribution in [-0.4, -0.2) is 17.9 Å². The molecule has 23 heavy (non-hydrogen) atoms. The molecule has 0 aromatic heterocycles. The number of nitro benzene ring substituents is 1. The van der Waals surface area contributed by atoms with Crippen molar-refractivity contribution in [3.63, 3.8) is 0 Å². The van der Waals surface area contributed by atoms with E-state index in [-0.39, 0.29) is 15.9 Å². The van der Waals surface area contributed by atoms with Gasteiger partial charge in [-0.3, -0.25) is 14.9 Å². The van der Waals surface area contributed by atoms with Gasteiger partial charge in [-0.15, -0.1) is 0 Å². The number of para-hydroxylation sites is 1. The van der Waals surface area contributed by atoms with Crippen LogP contribution in [0.2, 0.25) is 0 Å². The molecule has 0 aliphatic carbocycles. The lowest BCUT2D eigenvalue weighted by Gasteiger charge is -2.11. The van der Waals surface area contributed by atoms with Crippen LogP contribution in [0.3, 0.4) is 0 Å². The summed E-state index contributed by atoms with van der Waals surface area (Å²) in [7, 11) is 1.25. The van der Waals surface area contributed by atoms with Crippen LogP contribution in [0.5, 0.6) is 5.75 Å². The lowest BCUT2D eigenvalue weighted by molar-refractivity contribution is -0.384. The van der Waals surface area contributed by atoms with E-state index in [4.69, 9.17) is 4.74 Å². The van der Waals surface area contributed by atoms with Gasteiger partial charge in [0.2, 0.25) is 0 Å². The molecule has 1 amide bonds. The summed E-state index contributed by atoms with van der Waals surface area (Å²) in [6, 6.07) is 5.68. The van der Waals surface area contributed by atoms with Crippen LogP contribution in [0.25, 0.3) is 0 Å². The fraction of sp³-hybridized carbons (Fsp3) is 0.0714. The van der Waals surface area contributed by atoms with E-state index in [0.717, 1.165) is 18.2 Å². The first-order valence-corrected chi connectivity index (χ1v) is 6.91. The van der Waals surface area contributed by atoms with E-state index < -0.39 is 33.7 Å². The highest BCUT2D eigenvalue weighted by Crippen LogP contribution is 2.34. The van der Waals surface area contributed by atoms with Crippen molar-refractivity contribution in [3.8, 4) is 5.75 Å². The van der Waals surface area contributed by atoms with Crippen molar-refractivity contribution in [2.45, 2.75) is 0 Å². The van der Waals surface area contributed by atoms with Crippen molar-refractivity contribution < 1.29 is 23.2 Å². The molecule has 0 unspecified atom stereocenters. The standard InChI is InChI=1S/C14H9BrF2N2O4/c1-23-11-4-2-3-10(19(21)22)13(11)18-14(20)12-8(16)5-7(15)6-9(12)17/h2-6H,1H3,(H,18,20). The van der Waals surface area contributed by atoms with Crippen LogP contribution < -0.4 is 10.1 Å². The van der Waals surface area contributed by atoms with Crippen LogP contribution in [0.4, 0.5) is 20.2 Å². The average molecular weight is 387 g/mol. The Morgan fingerprint density at radius 1 is 1.30 bits per heavy atom. The van der Waals surface area contributed by atoms with Gasteiger partial charge in [-0.2, -0.15) is 0 Å². The molecule has 0 aliphatic heterocycles. The van der Waals surface area contributed by atoms with Crippen LogP contribution >= 0.6 is 15.9 Å². The van der Waals surface area contributed by atoms with Gasteiger partial charge in [0.15, 0.2) is 5.69 Å². The van der Waals surface area contributed by atoms with Gasteiger partial charge in [-0.25, -0.2) is 8.78 Å². The Morgan fingerprint density at radius 3 is 2.43 bits per heavy atom. The summed E-state index contributed by atoms with van der Waals surface area (Å²) in [5.74, 6) is -3.38. The zero-order valence-corrected chi connectivity index (χ0v) is 13.2. The summed E-state index contributed by atoms with van der Waals surface area (Å²) in [5.41, 5.74) is -1.60. The Balaban J connectivity index is 2.48. The van der Waals surface area contributed by atoms with Gasteiger partial charge in [-0.05, 0) is 18.2 Å². The summed E-state index contributed by atoms with van der Waals surface area (Å²) in [6.45, 7) is 0. The molecule has 2 aromatic carbocycles. The number of benzene rings is 2. The number of methoxy groups -OCH3 is 1. The highest BCUT2D eigenvalue weighted by molar-refractivity contribution is 9.10. The molecule has 0 saturated carbocycles. The molecule has 0 saturated heterocycles. The molecule has 0 spiro atoms. The maximum absolute atomic E-state index is 13.8. The topological polar surface area (TPSA) is 81.5 Å². The Bertz CT molecular complexity index is 775. The van der Waals surface area contributed by atoms with E-state index >= 15 is 0 Å². The number of carbonyl (C=O) groups excluding carboxylic acids is 1. The van der Waals surface area contributed by atoms with Gasteiger partial charge in [-0.1, -0.05) is 22.0 Å². The zero-order valence-electron chi connectivity index (χ0n) is 11.6. The van der Waals surface area contributed by atoms with Gasteiger partial charge < -0.3 is 10.1 Å². The third-order valence-corrected chi connectivity index (χ3v) is 3.35. The Labute approximate surface area is 137 Å². The third-order valence-electron chi connectivity index (χ3n) is 2.89. The molecule has 0 aliphatic rings.